The number of aromatic nitrogens is 2. The first-order valence-corrected chi connectivity index (χ1v) is 6.55. The molecule has 0 bridgehead atoms. The van der Waals surface area contributed by atoms with Gasteiger partial charge < -0.3 is 10.3 Å². The van der Waals surface area contributed by atoms with Gasteiger partial charge in [-0.2, -0.15) is 0 Å². The topological polar surface area (TPSA) is 40.7 Å². The summed E-state index contributed by atoms with van der Waals surface area (Å²) in [5.41, 5.74) is 0. The quantitative estimate of drug-likeness (QED) is 0.820. The summed E-state index contributed by atoms with van der Waals surface area (Å²) in [5, 5.41) is 3.67. The van der Waals surface area contributed by atoms with Gasteiger partial charge in [-0.05, 0) is 38.5 Å². The van der Waals surface area contributed by atoms with Crippen LogP contribution in [0.2, 0.25) is 0 Å². The maximum absolute atomic E-state index is 4.29. The number of hydrogen-bond acceptors (Lipinski definition) is 2. The molecule has 3 heteroatoms. The third-order valence-electron chi connectivity index (χ3n) is 3.84. The molecule has 0 aliphatic heterocycles. The summed E-state index contributed by atoms with van der Waals surface area (Å²) >= 11 is 0. The highest BCUT2D eigenvalue weighted by molar-refractivity contribution is 4.95. The molecule has 1 atom stereocenters. The van der Waals surface area contributed by atoms with Crippen molar-refractivity contribution in [3.63, 3.8) is 0 Å². The van der Waals surface area contributed by atoms with Crippen molar-refractivity contribution in [3.05, 3.63) is 18.2 Å². The molecule has 1 aromatic rings. The molecule has 1 aromatic heterocycles. The van der Waals surface area contributed by atoms with Gasteiger partial charge in [0.05, 0.1) is 6.04 Å². The lowest BCUT2D eigenvalue weighted by Crippen LogP contribution is -2.35. The van der Waals surface area contributed by atoms with Crippen molar-refractivity contribution in [2.45, 2.75) is 58.0 Å². The second-order valence-corrected chi connectivity index (χ2v) is 4.99. The van der Waals surface area contributed by atoms with E-state index in [1.165, 1.54) is 32.1 Å². The fourth-order valence-corrected chi connectivity index (χ4v) is 2.68. The van der Waals surface area contributed by atoms with Crippen LogP contribution < -0.4 is 5.32 Å². The standard InChI is InChI=1S/C13H23N3/c1-3-11-4-6-12(7-5-11)16-10(2)13-14-8-9-15-13/h8-12,16H,3-7H2,1-2H3,(H,14,15). The van der Waals surface area contributed by atoms with Gasteiger partial charge in [-0.1, -0.05) is 13.3 Å². The number of hydrogen-bond donors (Lipinski definition) is 2. The van der Waals surface area contributed by atoms with E-state index in [0.717, 1.165) is 11.7 Å². The Morgan fingerprint density at radius 3 is 2.75 bits per heavy atom. The highest BCUT2D eigenvalue weighted by Gasteiger charge is 2.21. The average Bonchev–Trinajstić information content (AvgIpc) is 2.83. The minimum atomic E-state index is 0.346. The normalized spacial score (nSPS) is 27.9. The predicted molar refractivity (Wildman–Crippen MR) is 66.2 cm³/mol. The van der Waals surface area contributed by atoms with E-state index in [0.29, 0.717) is 12.1 Å². The monoisotopic (exact) mass is 221 g/mol. The van der Waals surface area contributed by atoms with Crippen molar-refractivity contribution in [2.75, 3.05) is 0 Å². The maximum Gasteiger partial charge on any atom is 0.122 e. The van der Waals surface area contributed by atoms with E-state index in [4.69, 9.17) is 0 Å². The van der Waals surface area contributed by atoms with Crippen molar-refractivity contribution in [1.82, 2.24) is 15.3 Å². The van der Waals surface area contributed by atoms with Crippen LogP contribution in [0.15, 0.2) is 12.4 Å². The lowest BCUT2D eigenvalue weighted by atomic mass is 9.84. The first kappa shape index (κ1) is 11.6. The molecule has 1 heterocycles. The summed E-state index contributed by atoms with van der Waals surface area (Å²) in [6, 6.07) is 1.03. The maximum atomic E-state index is 4.29. The Labute approximate surface area is 98.1 Å². The average molecular weight is 221 g/mol. The van der Waals surface area contributed by atoms with Crippen molar-refractivity contribution in [2.24, 2.45) is 5.92 Å². The van der Waals surface area contributed by atoms with Gasteiger partial charge in [0, 0.05) is 18.4 Å². The molecule has 0 spiro atoms. The van der Waals surface area contributed by atoms with Crippen LogP contribution in [0.5, 0.6) is 0 Å². The number of rotatable bonds is 4. The second-order valence-electron chi connectivity index (χ2n) is 4.99. The van der Waals surface area contributed by atoms with E-state index in [1.54, 1.807) is 0 Å². The molecule has 3 nitrogen and oxygen atoms in total. The van der Waals surface area contributed by atoms with Gasteiger partial charge >= 0.3 is 0 Å². The summed E-state index contributed by atoms with van der Waals surface area (Å²) in [7, 11) is 0. The first-order valence-electron chi connectivity index (χ1n) is 6.55. The lowest BCUT2D eigenvalue weighted by Gasteiger charge is -2.30. The Bertz CT molecular complexity index is 286. The molecule has 1 aliphatic rings. The minimum absolute atomic E-state index is 0.346. The van der Waals surface area contributed by atoms with E-state index in [9.17, 15) is 0 Å². The van der Waals surface area contributed by atoms with Gasteiger partial charge in [-0.15, -0.1) is 0 Å². The summed E-state index contributed by atoms with van der Waals surface area (Å²) < 4.78 is 0. The number of imidazole rings is 1. The minimum Gasteiger partial charge on any atom is -0.347 e. The molecule has 16 heavy (non-hydrogen) atoms. The van der Waals surface area contributed by atoms with Crippen LogP contribution >= 0.6 is 0 Å². The summed E-state index contributed by atoms with van der Waals surface area (Å²) in [6.45, 7) is 4.49. The number of nitrogens with one attached hydrogen (secondary N) is 2. The van der Waals surface area contributed by atoms with E-state index in [-0.39, 0.29) is 0 Å². The highest BCUT2D eigenvalue weighted by Crippen LogP contribution is 2.27. The molecule has 0 saturated heterocycles. The van der Waals surface area contributed by atoms with E-state index >= 15 is 0 Å². The largest absolute Gasteiger partial charge is 0.347 e. The van der Waals surface area contributed by atoms with Crippen LogP contribution in [0, 0.1) is 5.92 Å². The molecule has 1 aliphatic carbocycles. The predicted octanol–water partition coefficient (Wildman–Crippen LogP) is 3.03. The Kier molecular flexibility index (Phi) is 3.99. The third kappa shape index (κ3) is 2.85. The number of H-pyrrole nitrogens is 1. The molecule has 1 fully saturated rings. The van der Waals surface area contributed by atoms with Crippen LogP contribution in [0.25, 0.3) is 0 Å². The number of nitrogens with zero attached hydrogens (tertiary/aromatic N) is 1. The molecule has 2 rings (SSSR count). The van der Waals surface area contributed by atoms with Crippen molar-refractivity contribution in [3.8, 4) is 0 Å². The van der Waals surface area contributed by atoms with E-state index in [1.807, 2.05) is 12.4 Å². The van der Waals surface area contributed by atoms with Gasteiger partial charge in [0.25, 0.3) is 0 Å². The molecule has 0 aromatic carbocycles. The van der Waals surface area contributed by atoms with Gasteiger partial charge in [0.15, 0.2) is 0 Å². The molecular formula is C13H23N3. The van der Waals surface area contributed by atoms with E-state index in [2.05, 4.69) is 29.1 Å². The Balaban J connectivity index is 1.78. The van der Waals surface area contributed by atoms with Crippen LogP contribution in [-0.2, 0) is 0 Å². The SMILES string of the molecule is CCC1CCC(NC(C)c2ncc[nH]2)CC1. The van der Waals surface area contributed by atoms with Crippen molar-refractivity contribution < 1.29 is 0 Å². The summed E-state index contributed by atoms with van der Waals surface area (Å²) in [4.78, 5) is 7.47. The van der Waals surface area contributed by atoms with Crippen LogP contribution in [0.3, 0.4) is 0 Å². The fraction of sp³-hybridized carbons (Fsp3) is 0.769. The Morgan fingerprint density at radius 1 is 1.44 bits per heavy atom. The highest BCUT2D eigenvalue weighted by atomic mass is 15.0. The number of aromatic amines is 1. The summed E-state index contributed by atoms with van der Waals surface area (Å²) in [5.74, 6) is 2.02. The zero-order valence-electron chi connectivity index (χ0n) is 10.4. The van der Waals surface area contributed by atoms with Crippen molar-refractivity contribution in [1.29, 1.82) is 0 Å². The van der Waals surface area contributed by atoms with Crippen molar-refractivity contribution >= 4 is 0 Å². The van der Waals surface area contributed by atoms with Gasteiger partial charge in [-0.25, -0.2) is 4.98 Å². The zero-order chi connectivity index (χ0) is 11.4. The first-order chi connectivity index (χ1) is 7.79. The third-order valence-corrected chi connectivity index (χ3v) is 3.84. The molecule has 90 valence electrons. The fourth-order valence-electron chi connectivity index (χ4n) is 2.68. The van der Waals surface area contributed by atoms with Crippen LogP contribution in [-0.4, -0.2) is 16.0 Å². The van der Waals surface area contributed by atoms with E-state index < -0.39 is 0 Å². The van der Waals surface area contributed by atoms with Crippen LogP contribution in [0.4, 0.5) is 0 Å². The van der Waals surface area contributed by atoms with Gasteiger partial charge in [0.1, 0.15) is 5.82 Å². The zero-order valence-corrected chi connectivity index (χ0v) is 10.4. The van der Waals surface area contributed by atoms with Gasteiger partial charge in [0.2, 0.25) is 0 Å². The van der Waals surface area contributed by atoms with Gasteiger partial charge in [-0.3, -0.25) is 0 Å². The summed E-state index contributed by atoms with van der Waals surface area (Å²) in [6.07, 6.45) is 10.5. The Morgan fingerprint density at radius 2 is 2.19 bits per heavy atom. The second kappa shape index (κ2) is 5.48. The molecule has 1 saturated carbocycles. The Hall–Kier alpha value is -0.830. The smallest absolute Gasteiger partial charge is 0.122 e. The van der Waals surface area contributed by atoms with Crippen LogP contribution in [0.1, 0.15) is 57.8 Å². The molecule has 1 unspecified atom stereocenters. The molecule has 2 N–H and O–H groups in total. The lowest BCUT2D eigenvalue weighted by molar-refractivity contribution is 0.271. The molecular weight excluding hydrogens is 198 g/mol. The molecule has 0 radical (unpaired) electrons. The molecule has 0 amide bonds.